The first-order valence-corrected chi connectivity index (χ1v) is 8.79. The van der Waals surface area contributed by atoms with Gasteiger partial charge in [-0.1, -0.05) is 37.3 Å². The Morgan fingerprint density at radius 1 is 1.00 bits per heavy atom. The SMILES string of the molecule is CCOC(=O)c1ccccc1Nc1cnnc(Nc2ccccc2CC)n1. The van der Waals surface area contributed by atoms with Crippen LogP contribution >= 0.6 is 0 Å². The first kappa shape index (κ1) is 18.3. The van der Waals surface area contributed by atoms with Gasteiger partial charge in [-0.25, -0.2) is 4.79 Å². The fourth-order valence-corrected chi connectivity index (χ4v) is 2.60. The number of benzene rings is 2. The third-order valence-corrected chi connectivity index (χ3v) is 3.89. The average molecular weight is 363 g/mol. The highest BCUT2D eigenvalue weighted by atomic mass is 16.5. The number of aromatic nitrogens is 3. The van der Waals surface area contributed by atoms with Gasteiger partial charge < -0.3 is 15.4 Å². The Morgan fingerprint density at radius 3 is 2.52 bits per heavy atom. The molecule has 0 fully saturated rings. The van der Waals surface area contributed by atoms with Gasteiger partial charge in [-0.2, -0.15) is 10.1 Å². The van der Waals surface area contributed by atoms with Crippen LogP contribution in [0.2, 0.25) is 0 Å². The van der Waals surface area contributed by atoms with Gasteiger partial charge in [0.25, 0.3) is 0 Å². The van der Waals surface area contributed by atoms with Crippen LogP contribution in [-0.4, -0.2) is 27.8 Å². The van der Waals surface area contributed by atoms with E-state index in [-0.39, 0.29) is 0 Å². The summed E-state index contributed by atoms with van der Waals surface area (Å²) in [6.45, 7) is 4.17. The Hall–Kier alpha value is -3.48. The molecule has 1 heterocycles. The molecule has 0 amide bonds. The van der Waals surface area contributed by atoms with Crippen LogP contribution in [0.1, 0.15) is 29.8 Å². The van der Waals surface area contributed by atoms with Crippen molar-refractivity contribution in [1.82, 2.24) is 15.2 Å². The predicted molar refractivity (Wildman–Crippen MR) is 105 cm³/mol. The fourth-order valence-electron chi connectivity index (χ4n) is 2.60. The van der Waals surface area contributed by atoms with Gasteiger partial charge in [0.1, 0.15) is 0 Å². The number of ether oxygens (including phenoxy) is 1. The normalized spacial score (nSPS) is 10.3. The van der Waals surface area contributed by atoms with Gasteiger partial charge >= 0.3 is 5.97 Å². The third kappa shape index (κ3) is 4.58. The van der Waals surface area contributed by atoms with Crippen LogP contribution in [0.4, 0.5) is 23.1 Å². The highest BCUT2D eigenvalue weighted by Crippen LogP contribution is 2.22. The van der Waals surface area contributed by atoms with E-state index in [1.807, 2.05) is 30.3 Å². The van der Waals surface area contributed by atoms with E-state index in [0.717, 1.165) is 17.7 Å². The molecule has 7 nitrogen and oxygen atoms in total. The van der Waals surface area contributed by atoms with E-state index in [1.165, 1.54) is 6.20 Å². The smallest absolute Gasteiger partial charge is 0.340 e. The van der Waals surface area contributed by atoms with Crippen molar-refractivity contribution in [2.75, 3.05) is 17.2 Å². The predicted octanol–water partition coefficient (Wildman–Crippen LogP) is 4.10. The molecule has 0 spiro atoms. The van der Waals surface area contributed by atoms with Gasteiger partial charge in [-0.05, 0) is 37.1 Å². The van der Waals surface area contributed by atoms with Gasteiger partial charge in [0.15, 0.2) is 5.82 Å². The first-order chi connectivity index (χ1) is 13.2. The Balaban J connectivity index is 1.82. The molecule has 2 aromatic carbocycles. The number of anilines is 4. The topological polar surface area (TPSA) is 89.0 Å². The summed E-state index contributed by atoms with van der Waals surface area (Å²) in [7, 11) is 0. The maximum atomic E-state index is 12.1. The number of carbonyl (C=O) groups is 1. The highest BCUT2D eigenvalue weighted by Gasteiger charge is 2.13. The van der Waals surface area contributed by atoms with Crippen LogP contribution in [0, 0.1) is 0 Å². The van der Waals surface area contributed by atoms with Gasteiger partial charge in [-0.15, -0.1) is 5.10 Å². The molecule has 0 aliphatic heterocycles. The standard InChI is InChI=1S/C20H21N5O2/c1-3-14-9-5-7-11-16(14)23-20-24-18(13-21-25-20)22-17-12-8-6-10-15(17)19(26)27-4-2/h5-13H,3-4H2,1-2H3,(H2,22,23,24,25). The van der Waals surface area contributed by atoms with E-state index in [2.05, 4.69) is 32.7 Å². The molecule has 0 radical (unpaired) electrons. The monoisotopic (exact) mass is 363 g/mol. The molecule has 0 unspecified atom stereocenters. The molecule has 0 saturated heterocycles. The maximum absolute atomic E-state index is 12.1. The van der Waals surface area contributed by atoms with Crippen LogP contribution in [0.3, 0.4) is 0 Å². The molecule has 2 N–H and O–H groups in total. The number of nitrogens with one attached hydrogen (secondary N) is 2. The number of esters is 1. The number of hydrogen-bond donors (Lipinski definition) is 2. The molecule has 0 saturated carbocycles. The van der Waals surface area contributed by atoms with Crippen molar-refractivity contribution >= 4 is 29.1 Å². The number of hydrogen-bond acceptors (Lipinski definition) is 7. The van der Waals surface area contributed by atoms with E-state index < -0.39 is 5.97 Å². The minimum absolute atomic E-state index is 0.313. The van der Waals surface area contributed by atoms with E-state index in [9.17, 15) is 4.79 Å². The summed E-state index contributed by atoms with van der Waals surface area (Å²) in [6.07, 6.45) is 2.39. The van der Waals surface area contributed by atoms with Crippen molar-refractivity contribution < 1.29 is 9.53 Å². The van der Waals surface area contributed by atoms with Gasteiger partial charge in [0.2, 0.25) is 5.95 Å². The van der Waals surface area contributed by atoms with Crippen molar-refractivity contribution in [3.8, 4) is 0 Å². The van der Waals surface area contributed by atoms with Crippen molar-refractivity contribution in [1.29, 1.82) is 0 Å². The minimum Gasteiger partial charge on any atom is -0.462 e. The minimum atomic E-state index is -0.391. The Morgan fingerprint density at radius 2 is 1.74 bits per heavy atom. The molecule has 3 rings (SSSR count). The summed E-state index contributed by atoms with van der Waals surface area (Å²) in [5.41, 5.74) is 3.12. The quantitative estimate of drug-likeness (QED) is 0.611. The van der Waals surface area contributed by atoms with Gasteiger partial charge in [0, 0.05) is 5.69 Å². The van der Waals surface area contributed by atoms with Crippen molar-refractivity contribution in [2.45, 2.75) is 20.3 Å². The highest BCUT2D eigenvalue weighted by molar-refractivity contribution is 5.96. The number of nitrogens with zero attached hydrogens (tertiary/aromatic N) is 3. The zero-order valence-corrected chi connectivity index (χ0v) is 15.3. The first-order valence-electron chi connectivity index (χ1n) is 8.79. The maximum Gasteiger partial charge on any atom is 0.340 e. The van der Waals surface area contributed by atoms with Crippen molar-refractivity contribution in [3.63, 3.8) is 0 Å². The second kappa shape index (κ2) is 8.75. The van der Waals surface area contributed by atoms with Gasteiger partial charge in [-0.3, -0.25) is 0 Å². The van der Waals surface area contributed by atoms with E-state index in [0.29, 0.717) is 29.6 Å². The zero-order chi connectivity index (χ0) is 19.1. The summed E-state index contributed by atoms with van der Waals surface area (Å²) in [5, 5.41) is 14.3. The molecular weight excluding hydrogens is 342 g/mol. The summed E-state index contributed by atoms with van der Waals surface area (Å²) >= 11 is 0. The average Bonchev–Trinajstić information content (AvgIpc) is 2.69. The number of aryl methyl sites for hydroxylation is 1. The summed E-state index contributed by atoms with van der Waals surface area (Å²) in [5.74, 6) is 0.450. The van der Waals surface area contributed by atoms with Crippen LogP contribution in [0.5, 0.6) is 0 Å². The molecule has 3 aromatic rings. The number of carbonyl (C=O) groups excluding carboxylic acids is 1. The second-order valence-electron chi connectivity index (χ2n) is 5.69. The number of rotatable bonds is 7. The molecule has 0 aliphatic rings. The van der Waals surface area contributed by atoms with Gasteiger partial charge in [0.05, 0.1) is 24.1 Å². The lowest BCUT2D eigenvalue weighted by atomic mass is 10.1. The number of para-hydroxylation sites is 2. The Labute approximate surface area is 157 Å². The summed E-state index contributed by atoms with van der Waals surface area (Å²) in [6, 6.07) is 15.1. The Bertz CT molecular complexity index is 930. The Kier molecular flexibility index (Phi) is 5.94. The van der Waals surface area contributed by atoms with Crippen LogP contribution in [-0.2, 0) is 11.2 Å². The summed E-state index contributed by atoms with van der Waals surface area (Å²) in [4.78, 5) is 16.5. The molecule has 0 atom stereocenters. The van der Waals surface area contributed by atoms with Crippen molar-refractivity contribution in [3.05, 3.63) is 65.9 Å². The van der Waals surface area contributed by atoms with E-state index in [1.54, 1.807) is 25.1 Å². The van der Waals surface area contributed by atoms with Crippen LogP contribution in [0.25, 0.3) is 0 Å². The summed E-state index contributed by atoms with van der Waals surface area (Å²) < 4.78 is 5.09. The lowest BCUT2D eigenvalue weighted by Gasteiger charge is -2.12. The molecule has 1 aromatic heterocycles. The third-order valence-electron chi connectivity index (χ3n) is 3.89. The largest absolute Gasteiger partial charge is 0.462 e. The molecule has 138 valence electrons. The molecular formula is C20H21N5O2. The zero-order valence-electron chi connectivity index (χ0n) is 15.3. The van der Waals surface area contributed by atoms with E-state index >= 15 is 0 Å². The molecule has 7 heteroatoms. The fraction of sp³-hybridized carbons (Fsp3) is 0.200. The lowest BCUT2D eigenvalue weighted by molar-refractivity contribution is 0.0527. The second-order valence-corrected chi connectivity index (χ2v) is 5.69. The van der Waals surface area contributed by atoms with Crippen molar-refractivity contribution in [2.24, 2.45) is 0 Å². The molecule has 0 bridgehead atoms. The van der Waals surface area contributed by atoms with Crippen LogP contribution in [0.15, 0.2) is 54.7 Å². The molecule has 0 aliphatic carbocycles. The van der Waals surface area contributed by atoms with E-state index in [4.69, 9.17) is 4.74 Å². The van der Waals surface area contributed by atoms with Crippen LogP contribution < -0.4 is 10.6 Å². The molecule has 27 heavy (non-hydrogen) atoms. The lowest BCUT2D eigenvalue weighted by Crippen LogP contribution is -2.09.